The van der Waals surface area contributed by atoms with Crippen molar-refractivity contribution in [2.75, 3.05) is 36.9 Å². The first kappa shape index (κ1) is 31.2. The molecule has 2 amide bonds. The Balaban J connectivity index is 1.70. The second kappa shape index (κ2) is 14.4. The number of ether oxygens (including phenoxy) is 2. The summed E-state index contributed by atoms with van der Waals surface area (Å²) in [6.45, 7) is 2.78. The third-order valence-corrected chi connectivity index (χ3v) is 8.25. The molecule has 1 aliphatic heterocycles. The minimum absolute atomic E-state index is 0.0768. The Morgan fingerprint density at radius 1 is 0.952 bits per heavy atom. The van der Waals surface area contributed by atoms with Gasteiger partial charge in [0.05, 0.1) is 11.9 Å². The lowest BCUT2D eigenvalue weighted by atomic mass is 10.0. The predicted molar refractivity (Wildman–Crippen MR) is 163 cm³/mol. The molecule has 1 N–H and O–H groups in total. The molecular weight excluding hydrogens is 578 g/mol. The second-order valence-electron chi connectivity index (χ2n) is 10.1. The number of carbonyl (C=O) groups excluding carboxylic acids is 2. The number of benzene rings is 3. The molecule has 0 aliphatic carbocycles. The Bertz CT molecular complexity index is 1470. The van der Waals surface area contributed by atoms with Crippen molar-refractivity contribution in [3.63, 3.8) is 0 Å². The summed E-state index contributed by atoms with van der Waals surface area (Å²) < 4.78 is 38.3. The quantitative estimate of drug-likeness (QED) is 0.286. The van der Waals surface area contributed by atoms with E-state index >= 15 is 0 Å². The van der Waals surface area contributed by atoms with Crippen LogP contribution in [0.2, 0.25) is 5.02 Å². The van der Waals surface area contributed by atoms with E-state index in [1.165, 1.54) is 4.90 Å². The zero-order chi connectivity index (χ0) is 30.1. The largest absolute Gasteiger partial charge is 0.486 e. The zero-order valence-electron chi connectivity index (χ0n) is 23.8. The van der Waals surface area contributed by atoms with Crippen LogP contribution >= 0.6 is 11.6 Å². The summed E-state index contributed by atoms with van der Waals surface area (Å²) >= 11 is 6.10. The molecule has 0 aromatic heterocycles. The number of hydrogen-bond donors (Lipinski definition) is 1. The van der Waals surface area contributed by atoms with Crippen molar-refractivity contribution in [3.8, 4) is 11.5 Å². The highest BCUT2D eigenvalue weighted by Gasteiger charge is 2.33. The molecule has 0 saturated carbocycles. The molecule has 1 heterocycles. The number of unbranched alkanes of at least 4 members (excludes halogenated alkanes) is 1. The molecule has 0 saturated heterocycles. The van der Waals surface area contributed by atoms with Crippen LogP contribution in [0.1, 0.15) is 30.9 Å². The van der Waals surface area contributed by atoms with Crippen molar-refractivity contribution >= 4 is 39.1 Å². The molecule has 0 spiro atoms. The zero-order valence-corrected chi connectivity index (χ0v) is 25.4. The van der Waals surface area contributed by atoms with Gasteiger partial charge in [0, 0.05) is 30.6 Å². The molecule has 0 fully saturated rings. The number of sulfonamides is 1. The predicted octanol–water partition coefficient (Wildman–Crippen LogP) is 4.43. The van der Waals surface area contributed by atoms with Gasteiger partial charge in [0.25, 0.3) is 0 Å². The lowest BCUT2D eigenvalue weighted by Crippen LogP contribution is -2.53. The van der Waals surface area contributed by atoms with E-state index in [-0.39, 0.29) is 24.6 Å². The van der Waals surface area contributed by atoms with Crippen molar-refractivity contribution in [2.45, 2.75) is 38.8 Å². The Labute approximate surface area is 252 Å². The van der Waals surface area contributed by atoms with E-state index in [4.69, 9.17) is 21.1 Å². The Hall–Kier alpha value is -3.76. The fraction of sp³-hybridized carbons (Fsp3) is 0.355. The highest BCUT2D eigenvalue weighted by Crippen LogP contribution is 2.34. The summed E-state index contributed by atoms with van der Waals surface area (Å²) in [6.07, 6.45) is 2.98. The molecule has 3 aromatic rings. The van der Waals surface area contributed by atoms with Crippen molar-refractivity contribution in [2.24, 2.45) is 0 Å². The first-order valence-electron chi connectivity index (χ1n) is 13.9. The average molecular weight is 614 g/mol. The van der Waals surface area contributed by atoms with Gasteiger partial charge in [-0.3, -0.25) is 13.9 Å². The minimum atomic E-state index is -3.90. The molecule has 1 atom stereocenters. The lowest BCUT2D eigenvalue weighted by Gasteiger charge is -2.33. The van der Waals surface area contributed by atoms with Gasteiger partial charge in [-0.25, -0.2) is 8.42 Å². The van der Waals surface area contributed by atoms with Gasteiger partial charge < -0.3 is 19.7 Å². The standard InChI is InChI=1S/C31H36ClN3O6S/c1-3-4-16-33-31(37)27(19-23-8-6-5-7-9-23)34(21-24-10-12-25(32)13-11-24)30(36)22-35(42(2,38)39)26-14-15-28-29(20-26)41-18-17-40-28/h5-15,20,27H,3-4,16-19,21-22H2,1-2H3,(H,33,37)/t27-/m1/s1. The van der Waals surface area contributed by atoms with Crippen LogP contribution < -0.4 is 19.1 Å². The van der Waals surface area contributed by atoms with Crippen molar-refractivity contribution < 1.29 is 27.5 Å². The van der Waals surface area contributed by atoms with Gasteiger partial charge >= 0.3 is 0 Å². The monoisotopic (exact) mass is 613 g/mol. The number of rotatable bonds is 13. The third kappa shape index (κ3) is 8.39. The number of nitrogens with zero attached hydrogens (tertiary/aromatic N) is 2. The van der Waals surface area contributed by atoms with Crippen LogP contribution in [0.4, 0.5) is 5.69 Å². The number of carbonyl (C=O) groups is 2. The van der Waals surface area contributed by atoms with Crippen molar-refractivity contribution in [3.05, 3.63) is 88.9 Å². The second-order valence-corrected chi connectivity index (χ2v) is 12.4. The van der Waals surface area contributed by atoms with E-state index in [2.05, 4.69) is 5.32 Å². The number of nitrogens with one attached hydrogen (secondary N) is 1. The molecular formula is C31H36ClN3O6S. The molecule has 4 rings (SSSR count). The molecule has 3 aromatic carbocycles. The van der Waals surface area contributed by atoms with Gasteiger partial charge in [0.2, 0.25) is 21.8 Å². The van der Waals surface area contributed by atoms with Crippen LogP contribution in [0.25, 0.3) is 0 Å². The van der Waals surface area contributed by atoms with Gasteiger partial charge in [0.15, 0.2) is 11.5 Å². The fourth-order valence-corrected chi connectivity index (χ4v) is 5.61. The smallest absolute Gasteiger partial charge is 0.244 e. The van der Waals surface area contributed by atoms with Crippen LogP contribution in [0.5, 0.6) is 11.5 Å². The minimum Gasteiger partial charge on any atom is -0.486 e. The van der Waals surface area contributed by atoms with E-state index in [9.17, 15) is 18.0 Å². The highest BCUT2D eigenvalue weighted by atomic mass is 35.5. The normalized spacial score (nSPS) is 13.2. The van der Waals surface area contributed by atoms with Crippen molar-refractivity contribution in [1.82, 2.24) is 10.2 Å². The van der Waals surface area contributed by atoms with E-state index < -0.39 is 28.5 Å². The Kier molecular flexibility index (Phi) is 10.7. The molecule has 0 radical (unpaired) electrons. The van der Waals surface area contributed by atoms with Gasteiger partial charge in [-0.15, -0.1) is 0 Å². The average Bonchev–Trinajstić information content (AvgIpc) is 2.98. The Morgan fingerprint density at radius 3 is 2.31 bits per heavy atom. The fourth-order valence-electron chi connectivity index (χ4n) is 4.65. The molecule has 11 heteroatoms. The summed E-state index contributed by atoms with van der Waals surface area (Å²) in [4.78, 5) is 29.2. The molecule has 0 unspecified atom stereocenters. The number of halogens is 1. The molecule has 1 aliphatic rings. The van der Waals surface area contributed by atoms with Crippen LogP contribution in [-0.2, 0) is 32.6 Å². The maximum Gasteiger partial charge on any atom is 0.244 e. The van der Waals surface area contributed by atoms with Crippen LogP contribution in [0, 0.1) is 0 Å². The lowest BCUT2D eigenvalue weighted by molar-refractivity contribution is -0.140. The molecule has 42 heavy (non-hydrogen) atoms. The van der Waals surface area contributed by atoms with Gasteiger partial charge in [-0.05, 0) is 41.8 Å². The van der Waals surface area contributed by atoms with E-state index in [0.717, 1.165) is 34.5 Å². The third-order valence-electron chi connectivity index (χ3n) is 6.86. The van der Waals surface area contributed by atoms with Gasteiger partial charge in [-0.1, -0.05) is 67.4 Å². The highest BCUT2D eigenvalue weighted by molar-refractivity contribution is 7.92. The summed E-state index contributed by atoms with van der Waals surface area (Å²) in [5, 5.41) is 3.51. The van der Waals surface area contributed by atoms with Crippen LogP contribution in [0.3, 0.4) is 0 Å². The number of hydrogen-bond acceptors (Lipinski definition) is 6. The molecule has 9 nitrogen and oxygen atoms in total. The number of fused-ring (bicyclic) bond motifs is 1. The summed E-state index contributed by atoms with van der Waals surface area (Å²) in [5.41, 5.74) is 1.87. The number of anilines is 1. The van der Waals surface area contributed by atoms with Gasteiger partial charge in [-0.2, -0.15) is 0 Å². The van der Waals surface area contributed by atoms with E-state index in [1.807, 2.05) is 37.3 Å². The topological polar surface area (TPSA) is 105 Å². The van der Waals surface area contributed by atoms with Crippen LogP contribution in [-0.4, -0.2) is 63.7 Å². The van der Waals surface area contributed by atoms with E-state index in [0.29, 0.717) is 36.3 Å². The van der Waals surface area contributed by atoms with Crippen molar-refractivity contribution in [1.29, 1.82) is 0 Å². The first-order chi connectivity index (χ1) is 20.2. The Morgan fingerprint density at radius 2 is 1.64 bits per heavy atom. The number of amides is 2. The SMILES string of the molecule is CCCCNC(=O)[C@@H](Cc1ccccc1)N(Cc1ccc(Cl)cc1)C(=O)CN(c1ccc2c(c1)OCCO2)S(C)(=O)=O. The van der Waals surface area contributed by atoms with Gasteiger partial charge in [0.1, 0.15) is 25.8 Å². The summed E-state index contributed by atoms with van der Waals surface area (Å²) in [7, 11) is -3.90. The maximum atomic E-state index is 14.2. The summed E-state index contributed by atoms with van der Waals surface area (Å²) in [6, 6.07) is 20.3. The first-order valence-corrected chi connectivity index (χ1v) is 16.1. The molecule has 0 bridgehead atoms. The van der Waals surface area contributed by atoms with E-state index in [1.54, 1.807) is 42.5 Å². The van der Waals surface area contributed by atoms with Crippen LogP contribution in [0.15, 0.2) is 72.8 Å². The molecule has 224 valence electrons. The summed E-state index contributed by atoms with van der Waals surface area (Å²) in [5.74, 6) is 0.0626. The maximum absolute atomic E-state index is 14.2.